The van der Waals surface area contributed by atoms with Gasteiger partial charge in [0.1, 0.15) is 6.04 Å². The molecule has 0 aliphatic heterocycles. The minimum absolute atomic E-state index is 0.321. The van der Waals surface area contributed by atoms with Crippen LogP contribution in [0.25, 0.3) is 0 Å². The summed E-state index contributed by atoms with van der Waals surface area (Å²) in [5.74, 6) is 3.90. The van der Waals surface area contributed by atoms with E-state index in [-0.39, 0.29) is 0 Å². The minimum Gasteiger partial charge on any atom is -0.480 e. The smallest absolute Gasteiger partial charge is 0.322 e. The zero-order valence-electron chi connectivity index (χ0n) is 5.00. The zero-order chi connectivity index (χ0) is 7.28. The third-order valence-corrected chi connectivity index (χ3v) is 0.955. The number of nitrogens with one attached hydrogen (secondary N) is 1. The third kappa shape index (κ3) is 3.02. The SMILES string of the molecule is NCCC(NN)C(=O)O. The summed E-state index contributed by atoms with van der Waals surface area (Å²) >= 11 is 0. The Morgan fingerprint density at radius 2 is 2.33 bits per heavy atom. The summed E-state index contributed by atoms with van der Waals surface area (Å²) in [6, 6.07) is -0.713. The second kappa shape index (κ2) is 4.25. The number of carbonyl (C=O) groups is 1. The van der Waals surface area contributed by atoms with Crippen LogP contribution in [0.15, 0.2) is 0 Å². The minimum atomic E-state index is -0.969. The van der Waals surface area contributed by atoms with Crippen LogP contribution >= 0.6 is 0 Å². The molecule has 0 amide bonds. The number of hydrazine groups is 1. The average Bonchev–Trinajstić information content (AvgIpc) is 1.82. The highest BCUT2D eigenvalue weighted by atomic mass is 16.4. The summed E-state index contributed by atoms with van der Waals surface area (Å²) in [6.07, 6.45) is 0.353. The largest absolute Gasteiger partial charge is 0.480 e. The molecule has 1 atom stereocenters. The zero-order valence-corrected chi connectivity index (χ0v) is 5.00. The fourth-order valence-corrected chi connectivity index (χ4v) is 0.445. The lowest BCUT2D eigenvalue weighted by Crippen LogP contribution is -2.42. The van der Waals surface area contributed by atoms with Crippen molar-refractivity contribution in [1.82, 2.24) is 5.43 Å². The molecular formula is C4H11N3O2. The van der Waals surface area contributed by atoms with Crippen LogP contribution in [0.2, 0.25) is 0 Å². The number of rotatable bonds is 4. The summed E-state index contributed by atoms with van der Waals surface area (Å²) in [5.41, 5.74) is 7.21. The van der Waals surface area contributed by atoms with E-state index >= 15 is 0 Å². The van der Waals surface area contributed by atoms with Gasteiger partial charge in [0.05, 0.1) is 0 Å². The normalized spacial score (nSPS) is 13.1. The third-order valence-electron chi connectivity index (χ3n) is 0.955. The van der Waals surface area contributed by atoms with Crippen LogP contribution in [0, 0.1) is 0 Å². The van der Waals surface area contributed by atoms with E-state index in [0.29, 0.717) is 13.0 Å². The molecule has 5 heteroatoms. The first-order valence-electron chi connectivity index (χ1n) is 2.61. The van der Waals surface area contributed by atoms with Crippen LogP contribution in [0.5, 0.6) is 0 Å². The molecule has 1 unspecified atom stereocenters. The van der Waals surface area contributed by atoms with Gasteiger partial charge >= 0.3 is 5.97 Å². The van der Waals surface area contributed by atoms with E-state index in [1.165, 1.54) is 0 Å². The molecule has 0 aromatic carbocycles. The molecule has 5 nitrogen and oxygen atoms in total. The van der Waals surface area contributed by atoms with E-state index in [1.807, 2.05) is 0 Å². The van der Waals surface area contributed by atoms with Gasteiger partial charge in [0.15, 0.2) is 0 Å². The number of carboxylic acids is 1. The molecule has 0 saturated heterocycles. The highest BCUT2D eigenvalue weighted by molar-refractivity contribution is 5.73. The first kappa shape index (κ1) is 8.35. The second-order valence-corrected chi connectivity index (χ2v) is 1.63. The van der Waals surface area contributed by atoms with Gasteiger partial charge < -0.3 is 10.8 Å². The quantitative estimate of drug-likeness (QED) is 0.269. The van der Waals surface area contributed by atoms with Crippen LogP contribution in [-0.2, 0) is 4.79 Å². The molecule has 54 valence electrons. The molecule has 0 spiro atoms. The molecule has 0 radical (unpaired) electrons. The van der Waals surface area contributed by atoms with Gasteiger partial charge in [0.25, 0.3) is 0 Å². The van der Waals surface area contributed by atoms with Gasteiger partial charge in [-0.05, 0) is 13.0 Å². The number of carboxylic acid groups (broad SMARTS) is 1. The number of hydrogen-bond donors (Lipinski definition) is 4. The molecule has 0 rings (SSSR count). The van der Waals surface area contributed by atoms with Crippen molar-refractivity contribution in [3.05, 3.63) is 0 Å². The number of aliphatic carboxylic acids is 1. The predicted octanol–water partition coefficient (Wildman–Crippen LogP) is -1.75. The van der Waals surface area contributed by atoms with Gasteiger partial charge in [-0.25, -0.2) is 5.43 Å². The molecule has 0 aromatic heterocycles. The fraction of sp³-hybridized carbons (Fsp3) is 0.750. The molecule has 0 aliphatic carbocycles. The van der Waals surface area contributed by atoms with Crippen LogP contribution in [-0.4, -0.2) is 23.7 Å². The molecule has 0 aromatic rings. The Labute approximate surface area is 53.0 Å². The molecule has 0 bridgehead atoms. The highest BCUT2D eigenvalue weighted by Gasteiger charge is 2.12. The molecule has 6 N–H and O–H groups in total. The Morgan fingerprint density at radius 1 is 1.78 bits per heavy atom. The van der Waals surface area contributed by atoms with Crippen molar-refractivity contribution in [1.29, 1.82) is 0 Å². The monoisotopic (exact) mass is 133 g/mol. The van der Waals surface area contributed by atoms with Gasteiger partial charge in [-0.1, -0.05) is 0 Å². The summed E-state index contributed by atoms with van der Waals surface area (Å²) in [4.78, 5) is 10.1. The van der Waals surface area contributed by atoms with Gasteiger partial charge in [0.2, 0.25) is 0 Å². The molecule has 9 heavy (non-hydrogen) atoms. The standard InChI is InChI=1S/C4H11N3O2/c5-2-1-3(7-6)4(8)9/h3,7H,1-2,5-6H2,(H,8,9). The van der Waals surface area contributed by atoms with Crippen molar-refractivity contribution in [2.24, 2.45) is 11.6 Å². The number of hydrogen-bond acceptors (Lipinski definition) is 4. The van der Waals surface area contributed by atoms with Gasteiger partial charge in [-0.2, -0.15) is 0 Å². The van der Waals surface area contributed by atoms with Crippen LogP contribution < -0.4 is 17.0 Å². The average molecular weight is 133 g/mol. The maximum atomic E-state index is 10.1. The topological polar surface area (TPSA) is 101 Å². The van der Waals surface area contributed by atoms with E-state index in [4.69, 9.17) is 16.7 Å². The lowest BCUT2D eigenvalue weighted by Gasteiger charge is -2.07. The van der Waals surface area contributed by atoms with Crippen molar-refractivity contribution < 1.29 is 9.90 Å². The van der Waals surface area contributed by atoms with Crippen molar-refractivity contribution in [2.75, 3.05) is 6.54 Å². The molecule has 0 fully saturated rings. The van der Waals surface area contributed by atoms with Crippen molar-refractivity contribution in [3.63, 3.8) is 0 Å². The van der Waals surface area contributed by atoms with E-state index in [9.17, 15) is 4.79 Å². The Balaban J connectivity index is 3.54. The second-order valence-electron chi connectivity index (χ2n) is 1.63. The highest BCUT2D eigenvalue weighted by Crippen LogP contribution is 1.85. The molecule has 0 saturated carbocycles. The van der Waals surface area contributed by atoms with Crippen molar-refractivity contribution in [3.8, 4) is 0 Å². The van der Waals surface area contributed by atoms with E-state index in [1.54, 1.807) is 0 Å². The maximum Gasteiger partial charge on any atom is 0.322 e. The van der Waals surface area contributed by atoms with Gasteiger partial charge in [-0.15, -0.1) is 0 Å². The maximum absolute atomic E-state index is 10.1. The first-order valence-corrected chi connectivity index (χ1v) is 2.61. The summed E-state index contributed by atoms with van der Waals surface area (Å²) in [5, 5.41) is 8.31. The van der Waals surface area contributed by atoms with E-state index in [2.05, 4.69) is 5.43 Å². The van der Waals surface area contributed by atoms with Gasteiger partial charge in [-0.3, -0.25) is 10.6 Å². The van der Waals surface area contributed by atoms with Crippen molar-refractivity contribution >= 4 is 5.97 Å². The Morgan fingerprint density at radius 3 is 2.44 bits per heavy atom. The van der Waals surface area contributed by atoms with Crippen LogP contribution in [0.1, 0.15) is 6.42 Å². The summed E-state index contributed by atoms with van der Waals surface area (Å²) in [6.45, 7) is 0.321. The predicted molar refractivity (Wildman–Crippen MR) is 32.4 cm³/mol. The van der Waals surface area contributed by atoms with Crippen LogP contribution in [0.3, 0.4) is 0 Å². The fourth-order valence-electron chi connectivity index (χ4n) is 0.445. The Kier molecular flexibility index (Phi) is 3.94. The molecule has 0 aliphatic rings. The van der Waals surface area contributed by atoms with Gasteiger partial charge in [0, 0.05) is 0 Å². The summed E-state index contributed by atoms with van der Waals surface area (Å²) in [7, 11) is 0. The summed E-state index contributed by atoms with van der Waals surface area (Å²) < 4.78 is 0. The Bertz CT molecular complexity index is 95.8. The molecule has 0 heterocycles. The first-order chi connectivity index (χ1) is 4.22. The van der Waals surface area contributed by atoms with E-state index in [0.717, 1.165) is 0 Å². The molecular weight excluding hydrogens is 122 g/mol. The number of nitrogens with two attached hydrogens (primary N) is 2. The lowest BCUT2D eigenvalue weighted by molar-refractivity contribution is -0.139. The van der Waals surface area contributed by atoms with Crippen LogP contribution in [0.4, 0.5) is 0 Å². The lowest BCUT2D eigenvalue weighted by atomic mass is 10.2. The Hall–Kier alpha value is -0.650. The van der Waals surface area contributed by atoms with Crippen molar-refractivity contribution in [2.45, 2.75) is 12.5 Å². The van der Waals surface area contributed by atoms with E-state index < -0.39 is 12.0 Å².